The number of hydrogen-bond donors (Lipinski definition) is 2. The fourth-order valence-electron chi connectivity index (χ4n) is 2.83. The van der Waals surface area contributed by atoms with Gasteiger partial charge in [0.05, 0.1) is 6.10 Å². The van der Waals surface area contributed by atoms with Gasteiger partial charge in [0.2, 0.25) is 0 Å². The molecule has 2 nitrogen and oxygen atoms in total. The van der Waals surface area contributed by atoms with Crippen molar-refractivity contribution in [3.05, 3.63) is 21.9 Å². The second kappa shape index (κ2) is 7.27. The summed E-state index contributed by atoms with van der Waals surface area (Å²) in [6.45, 7) is 0.552. The molecule has 1 aromatic heterocycles. The van der Waals surface area contributed by atoms with Gasteiger partial charge in [-0.25, -0.2) is 0 Å². The average Bonchev–Trinajstić information content (AvgIpc) is 2.87. The topological polar surface area (TPSA) is 46.2 Å². The van der Waals surface area contributed by atoms with E-state index in [2.05, 4.69) is 12.1 Å². The lowest BCUT2D eigenvalue weighted by Gasteiger charge is -2.20. The SMILES string of the molecule is NCCC(O)c1ccc(CCC2CCCCC2)s1. The highest BCUT2D eigenvalue weighted by molar-refractivity contribution is 7.12. The van der Waals surface area contributed by atoms with Crippen molar-refractivity contribution in [2.24, 2.45) is 11.7 Å². The molecule has 2 rings (SSSR count). The summed E-state index contributed by atoms with van der Waals surface area (Å²) < 4.78 is 0. The van der Waals surface area contributed by atoms with Crippen LogP contribution in [-0.2, 0) is 6.42 Å². The van der Waals surface area contributed by atoms with Crippen molar-refractivity contribution in [1.82, 2.24) is 0 Å². The molecule has 3 heteroatoms. The molecule has 3 N–H and O–H groups in total. The smallest absolute Gasteiger partial charge is 0.0894 e. The van der Waals surface area contributed by atoms with Gasteiger partial charge >= 0.3 is 0 Å². The summed E-state index contributed by atoms with van der Waals surface area (Å²) in [5.41, 5.74) is 5.47. The van der Waals surface area contributed by atoms with E-state index in [4.69, 9.17) is 5.73 Å². The van der Waals surface area contributed by atoms with Gasteiger partial charge in [-0.05, 0) is 43.9 Å². The number of aliphatic hydroxyl groups excluding tert-OH is 1. The molecule has 1 aliphatic carbocycles. The van der Waals surface area contributed by atoms with Gasteiger partial charge in [-0.1, -0.05) is 32.1 Å². The van der Waals surface area contributed by atoms with Crippen LogP contribution in [0.1, 0.15) is 60.8 Å². The van der Waals surface area contributed by atoms with Crippen LogP contribution in [0.2, 0.25) is 0 Å². The Morgan fingerprint density at radius 1 is 1.28 bits per heavy atom. The Morgan fingerprint density at radius 2 is 2.06 bits per heavy atom. The zero-order chi connectivity index (χ0) is 12.8. The molecule has 1 saturated carbocycles. The van der Waals surface area contributed by atoms with E-state index in [0.717, 1.165) is 10.8 Å². The normalized spacial score (nSPS) is 19.0. The Kier molecular flexibility index (Phi) is 5.67. The van der Waals surface area contributed by atoms with Crippen molar-refractivity contribution in [1.29, 1.82) is 0 Å². The summed E-state index contributed by atoms with van der Waals surface area (Å²) in [5, 5.41) is 9.88. The second-order valence-electron chi connectivity index (χ2n) is 5.44. The van der Waals surface area contributed by atoms with E-state index in [1.54, 1.807) is 11.3 Å². The van der Waals surface area contributed by atoms with Gasteiger partial charge in [0, 0.05) is 9.75 Å². The van der Waals surface area contributed by atoms with E-state index in [1.165, 1.54) is 49.8 Å². The molecule has 102 valence electrons. The van der Waals surface area contributed by atoms with Gasteiger partial charge in [-0.15, -0.1) is 11.3 Å². The van der Waals surface area contributed by atoms with Gasteiger partial charge in [-0.3, -0.25) is 0 Å². The lowest BCUT2D eigenvalue weighted by molar-refractivity contribution is 0.174. The molecule has 1 aromatic rings. The van der Waals surface area contributed by atoms with E-state index < -0.39 is 0 Å². The third-order valence-electron chi connectivity index (χ3n) is 3.97. The lowest BCUT2D eigenvalue weighted by Crippen LogP contribution is -2.06. The van der Waals surface area contributed by atoms with Crippen LogP contribution in [-0.4, -0.2) is 11.7 Å². The maximum Gasteiger partial charge on any atom is 0.0894 e. The molecule has 0 amide bonds. The molecular formula is C15H25NOS. The van der Waals surface area contributed by atoms with E-state index >= 15 is 0 Å². The number of rotatable bonds is 6. The van der Waals surface area contributed by atoms with Crippen LogP contribution in [0, 0.1) is 5.92 Å². The van der Waals surface area contributed by atoms with E-state index in [-0.39, 0.29) is 6.10 Å². The number of hydrogen-bond acceptors (Lipinski definition) is 3. The predicted octanol–water partition coefficient (Wildman–Crippen LogP) is 3.64. The van der Waals surface area contributed by atoms with Crippen molar-refractivity contribution in [2.75, 3.05) is 6.54 Å². The van der Waals surface area contributed by atoms with Crippen LogP contribution in [0.5, 0.6) is 0 Å². The molecule has 0 aromatic carbocycles. The fourth-order valence-corrected chi connectivity index (χ4v) is 3.88. The lowest BCUT2D eigenvalue weighted by atomic mass is 9.86. The zero-order valence-electron chi connectivity index (χ0n) is 11.1. The van der Waals surface area contributed by atoms with Crippen molar-refractivity contribution in [3.8, 4) is 0 Å². The number of aliphatic hydroxyl groups is 1. The van der Waals surface area contributed by atoms with Crippen LogP contribution in [0.4, 0.5) is 0 Å². The second-order valence-corrected chi connectivity index (χ2v) is 6.64. The van der Waals surface area contributed by atoms with Crippen LogP contribution >= 0.6 is 11.3 Å². The maximum absolute atomic E-state index is 9.88. The molecule has 1 aliphatic rings. The highest BCUT2D eigenvalue weighted by Crippen LogP contribution is 2.30. The summed E-state index contributed by atoms with van der Waals surface area (Å²) in [4.78, 5) is 2.51. The molecule has 1 heterocycles. The van der Waals surface area contributed by atoms with Gasteiger partial charge in [0.15, 0.2) is 0 Å². The fraction of sp³-hybridized carbons (Fsp3) is 0.733. The van der Waals surface area contributed by atoms with E-state index in [1.807, 2.05) is 0 Å². The summed E-state index contributed by atoms with van der Waals surface area (Å²) >= 11 is 1.76. The minimum absolute atomic E-state index is 0.358. The quantitative estimate of drug-likeness (QED) is 0.826. The first kappa shape index (κ1) is 14.0. The number of aryl methyl sites for hydroxylation is 1. The maximum atomic E-state index is 9.88. The highest BCUT2D eigenvalue weighted by Gasteiger charge is 2.14. The first-order chi connectivity index (χ1) is 8.79. The zero-order valence-corrected chi connectivity index (χ0v) is 11.9. The highest BCUT2D eigenvalue weighted by atomic mass is 32.1. The molecule has 18 heavy (non-hydrogen) atoms. The minimum atomic E-state index is -0.358. The molecule has 1 atom stereocenters. The van der Waals surface area contributed by atoms with Gasteiger partial charge in [-0.2, -0.15) is 0 Å². The summed E-state index contributed by atoms with van der Waals surface area (Å²) in [7, 11) is 0. The third-order valence-corrected chi connectivity index (χ3v) is 5.22. The Labute approximate surface area is 114 Å². The molecule has 1 fully saturated rings. The molecule has 1 unspecified atom stereocenters. The Morgan fingerprint density at radius 3 is 2.78 bits per heavy atom. The molecule has 0 aliphatic heterocycles. The van der Waals surface area contributed by atoms with Crippen molar-refractivity contribution in [3.63, 3.8) is 0 Å². The largest absolute Gasteiger partial charge is 0.388 e. The number of thiophene rings is 1. The van der Waals surface area contributed by atoms with Crippen LogP contribution in [0.25, 0.3) is 0 Å². The Balaban J connectivity index is 1.79. The van der Waals surface area contributed by atoms with E-state index in [0.29, 0.717) is 13.0 Å². The summed E-state index contributed by atoms with van der Waals surface area (Å²) in [6.07, 6.45) is 9.96. The Hall–Kier alpha value is -0.380. The summed E-state index contributed by atoms with van der Waals surface area (Å²) in [5.74, 6) is 0.943. The minimum Gasteiger partial charge on any atom is -0.388 e. The van der Waals surface area contributed by atoms with Gasteiger partial charge < -0.3 is 10.8 Å². The van der Waals surface area contributed by atoms with Crippen LogP contribution < -0.4 is 5.73 Å². The van der Waals surface area contributed by atoms with Crippen molar-refractivity contribution >= 4 is 11.3 Å². The standard InChI is InChI=1S/C15H25NOS/c16-11-10-14(17)15-9-8-13(18-15)7-6-12-4-2-1-3-5-12/h8-9,12,14,17H,1-7,10-11,16H2. The van der Waals surface area contributed by atoms with E-state index in [9.17, 15) is 5.11 Å². The monoisotopic (exact) mass is 267 g/mol. The average molecular weight is 267 g/mol. The first-order valence-electron chi connectivity index (χ1n) is 7.26. The third kappa shape index (κ3) is 4.08. The molecule has 0 spiro atoms. The molecule has 0 saturated heterocycles. The van der Waals surface area contributed by atoms with Crippen molar-refractivity contribution in [2.45, 2.75) is 57.5 Å². The first-order valence-corrected chi connectivity index (χ1v) is 8.08. The number of nitrogens with two attached hydrogens (primary N) is 1. The van der Waals surface area contributed by atoms with Crippen LogP contribution in [0.3, 0.4) is 0 Å². The molecule has 0 radical (unpaired) electrons. The molecule has 0 bridgehead atoms. The van der Waals surface area contributed by atoms with Crippen LogP contribution in [0.15, 0.2) is 12.1 Å². The predicted molar refractivity (Wildman–Crippen MR) is 77.8 cm³/mol. The van der Waals surface area contributed by atoms with Gasteiger partial charge in [0.1, 0.15) is 0 Å². The molecular weight excluding hydrogens is 242 g/mol. The van der Waals surface area contributed by atoms with Crippen molar-refractivity contribution < 1.29 is 5.11 Å². The summed E-state index contributed by atoms with van der Waals surface area (Å²) in [6, 6.07) is 4.25. The van der Waals surface area contributed by atoms with Gasteiger partial charge in [0.25, 0.3) is 0 Å². The Bertz CT molecular complexity index is 344.